The summed E-state index contributed by atoms with van der Waals surface area (Å²) in [5.74, 6) is 0.982. The molecule has 4 heteroatoms. The zero-order chi connectivity index (χ0) is 19.9. The molecule has 0 aliphatic heterocycles. The average molecular weight is 392 g/mol. The minimum Gasteiger partial charge on any atom is -0.439 e. The highest BCUT2D eigenvalue weighted by atomic mass is 32.2. The predicted molar refractivity (Wildman–Crippen MR) is 116 cm³/mol. The third-order valence-corrected chi connectivity index (χ3v) is 4.99. The maximum absolute atomic E-state index is 13.0. The molecule has 0 saturated heterocycles. The van der Waals surface area contributed by atoms with E-state index in [4.69, 9.17) is 4.74 Å². The molecule has 0 aliphatic rings. The van der Waals surface area contributed by atoms with Crippen LogP contribution >= 0.6 is 11.8 Å². The van der Waals surface area contributed by atoms with Crippen LogP contribution in [0.3, 0.4) is 0 Å². The first-order valence-corrected chi connectivity index (χ1v) is 9.87. The molecule has 3 aromatic carbocycles. The van der Waals surface area contributed by atoms with Crippen molar-refractivity contribution in [2.75, 3.05) is 0 Å². The van der Waals surface area contributed by atoms with E-state index in [1.807, 2.05) is 54.8 Å². The normalized spacial score (nSPS) is 11.8. The molecule has 0 heterocycles. The van der Waals surface area contributed by atoms with Crippen LogP contribution in [0.1, 0.15) is 16.7 Å². The average Bonchev–Trinajstić information content (AvgIpc) is 2.66. The second kappa shape index (κ2) is 9.38. The lowest BCUT2D eigenvalue weighted by Crippen LogP contribution is -2.04. The summed E-state index contributed by atoms with van der Waals surface area (Å²) in [5, 5.41) is 1.89. The van der Waals surface area contributed by atoms with Crippen molar-refractivity contribution in [2.24, 2.45) is 4.99 Å². The summed E-state index contributed by atoms with van der Waals surface area (Å²) in [4.78, 5) is 5.61. The van der Waals surface area contributed by atoms with Crippen molar-refractivity contribution in [3.63, 3.8) is 0 Å². The van der Waals surface area contributed by atoms with E-state index >= 15 is 0 Å². The van der Waals surface area contributed by atoms with Crippen molar-refractivity contribution in [2.45, 2.75) is 25.7 Å². The van der Waals surface area contributed by atoms with Gasteiger partial charge < -0.3 is 4.74 Å². The number of thioether (sulfide) groups is 1. The van der Waals surface area contributed by atoms with Crippen molar-refractivity contribution in [3.8, 4) is 5.75 Å². The largest absolute Gasteiger partial charge is 0.439 e. The van der Waals surface area contributed by atoms with Gasteiger partial charge in [-0.3, -0.25) is 0 Å². The Labute approximate surface area is 169 Å². The van der Waals surface area contributed by atoms with Gasteiger partial charge in [-0.2, -0.15) is 0 Å². The van der Waals surface area contributed by atoms with E-state index in [1.165, 1.54) is 35.0 Å². The first-order valence-electron chi connectivity index (χ1n) is 8.99. The number of aryl methyl sites for hydroxylation is 3. The molecule has 3 aromatic rings. The third-order valence-electron chi connectivity index (χ3n) is 4.17. The van der Waals surface area contributed by atoms with Gasteiger partial charge >= 0.3 is 0 Å². The lowest BCUT2D eigenvalue weighted by atomic mass is 10.1. The molecule has 0 unspecified atom stereocenters. The quantitative estimate of drug-likeness (QED) is 0.261. The minimum atomic E-state index is -0.242. The Morgan fingerprint density at radius 3 is 2.43 bits per heavy atom. The van der Waals surface area contributed by atoms with Crippen LogP contribution in [0.5, 0.6) is 5.75 Å². The number of hydrogen-bond donors (Lipinski definition) is 0. The number of aliphatic imine (C=N–C) groups is 1. The molecule has 0 saturated carbocycles. The summed E-state index contributed by atoms with van der Waals surface area (Å²) in [6, 6.07) is 20.3. The fraction of sp³-hybridized carbons (Fsp3) is 0.125. The minimum absolute atomic E-state index is 0.242. The van der Waals surface area contributed by atoms with Crippen LogP contribution in [0.4, 0.5) is 10.1 Å². The highest BCUT2D eigenvalue weighted by molar-refractivity contribution is 8.02. The Hall–Kier alpha value is -2.85. The molecule has 0 aromatic heterocycles. The summed E-state index contributed by atoms with van der Waals surface area (Å²) in [6.07, 6.45) is 1.82. The second-order valence-electron chi connectivity index (χ2n) is 6.51. The maximum atomic E-state index is 13.0. The van der Waals surface area contributed by atoms with Crippen molar-refractivity contribution < 1.29 is 9.13 Å². The zero-order valence-electron chi connectivity index (χ0n) is 16.1. The number of ether oxygens (including phenoxy) is 1. The number of halogens is 1. The Kier molecular flexibility index (Phi) is 6.66. The Balaban J connectivity index is 1.84. The maximum Gasteiger partial charge on any atom is 0.220 e. The monoisotopic (exact) mass is 391 g/mol. The van der Waals surface area contributed by atoms with Gasteiger partial charge in [0.05, 0.1) is 5.69 Å². The third kappa shape index (κ3) is 5.83. The van der Waals surface area contributed by atoms with Crippen LogP contribution < -0.4 is 4.74 Å². The summed E-state index contributed by atoms with van der Waals surface area (Å²) in [5.41, 5.74) is 4.36. The van der Waals surface area contributed by atoms with Gasteiger partial charge in [-0.15, -0.1) is 0 Å². The SMILES string of the molecule is Cc1cccc(OC(C=CSc2ccc(F)cc2)=Nc2ccc(C)c(C)c2)c1. The molecule has 28 heavy (non-hydrogen) atoms. The first-order chi connectivity index (χ1) is 13.5. The summed E-state index contributed by atoms with van der Waals surface area (Å²) in [6.45, 7) is 6.16. The number of hydrogen-bond acceptors (Lipinski definition) is 3. The van der Waals surface area contributed by atoms with Gasteiger partial charge in [0, 0.05) is 11.0 Å². The molecule has 0 spiro atoms. The van der Waals surface area contributed by atoms with Crippen LogP contribution in [0, 0.1) is 26.6 Å². The van der Waals surface area contributed by atoms with Gasteiger partial charge in [-0.25, -0.2) is 9.38 Å². The molecule has 0 amide bonds. The standard InChI is InChI=1S/C24H22FNOS/c1-17-5-4-6-22(15-17)27-24(26-21-10-7-18(2)19(3)16-21)13-14-28-23-11-8-20(25)9-12-23/h4-16H,1-3H3. The fourth-order valence-electron chi connectivity index (χ4n) is 2.50. The molecule has 0 fully saturated rings. The Morgan fingerprint density at radius 2 is 1.71 bits per heavy atom. The fourth-order valence-corrected chi connectivity index (χ4v) is 3.13. The van der Waals surface area contributed by atoms with E-state index in [0.717, 1.165) is 21.9 Å². The van der Waals surface area contributed by atoms with Crippen LogP contribution in [0.2, 0.25) is 0 Å². The molecule has 0 radical (unpaired) electrons. The number of benzene rings is 3. The van der Waals surface area contributed by atoms with Crippen LogP contribution in [0.15, 0.2) is 88.1 Å². The molecule has 0 N–H and O–H groups in total. The smallest absolute Gasteiger partial charge is 0.220 e. The van der Waals surface area contributed by atoms with Gasteiger partial charge in [0.25, 0.3) is 0 Å². The van der Waals surface area contributed by atoms with Gasteiger partial charge in [0.2, 0.25) is 5.90 Å². The molecular formula is C24H22FNOS. The van der Waals surface area contributed by atoms with Crippen LogP contribution in [0.25, 0.3) is 0 Å². The predicted octanol–water partition coefficient (Wildman–Crippen LogP) is 7.17. The van der Waals surface area contributed by atoms with Gasteiger partial charge in [0.1, 0.15) is 11.6 Å². The highest BCUT2D eigenvalue weighted by Gasteiger charge is 2.03. The van der Waals surface area contributed by atoms with Crippen molar-refractivity contribution in [3.05, 3.63) is 101 Å². The molecular weight excluding hydrogens is 369 g/mol. The Morgan fingerprint density at radius 1 is 0.929 bits per heavy atom. The highest BCUT2D eigenvalue weighted by Crippen LogP contribution is 2.22. The topological polar surface area (TPSA) is 21.6 Å². The van der Waals surface area contributed by atoms with E-state index in [1.54, 1.807) is 12.1 Å². The molecule has 142 valence electrons. The Bertz CT molecular complexity index is 1010. The van der Waals surface area contributed by atoms with Crippen LogP contribution in [-0.4, -0.2) is 5.90 Å². The first kappa shape index (κ1) is 19.9. The number of nitrogens with zero attached hydrogens (tertiary/aromatic N) is 1. The van der Waals surface area contributed by atoms with Gasteiger partial charge in [-0.1, -0.05) is 30.0 Å². The molecule has 0 aliphatic carbocycles. The summed E-state index contributed by atoms with van der Waals surface area (Å²) >= 11 is 1.48. The van der Waals surface area contributed by atoms with Crippen molar-refractivity contribution in [1.29, 1.82) is 0 Å². The summed E-state index contributed by atoms with van der Waals surface area (Å²) < 4.78 is 19.1. The molecule has 0 bridgehead atoms. The summed E-state index contributed by atoms with van der Waals surface area (Å²) in [7, 11) is 0. The van der Waals surface area contributed by atoms with Gasteiger partial charge in [-0.05, 0) is 91.4 Å². The molecule has 2 nitrogen and oxygen atoms in total. The van der Waals surface area contributed by atoms with E-state index < -0.39 is 0 Å². The van der Waals surface area contributed by atoms with E-state index in [0.29, 0.717) is 5.90 Å². The van der Waals surface area contributed by atoms with Crippen molar-refractivity contribution >= 4 is 23.3 Å². The van der Waals surface area contributed by atoms with Crippen LogP contribution in [-0.2, 0) is 0 Å². The van der Waals surface area contributed by atoms with E-state index in [2.05, 4.69) is 24.9 Å². The second-order valence-corrected chi connectivity index (χ2v) is 7.49. The molecule has 3 rings (SSSR count). The lowest BCUT2D eigenvalue weighted by Gasteiger charge is -2.07. The van der Waals surface area contributed by atoms with Crippen molar-refractivity contribution in [1.82, 2.24) is 0 Å². The zero-order valence-corrected chi connectivity index (χ0v) is 17.0. The number of rotatable bonds is 5. The van der Waals surface area contributed by atoms with Gasteiger partial charge in [0.15, 0.2) is 0 Å². The van der Waals surface area contributed by atoms with E-state index in [9.17, 15) is 4.39 Å². The lowest BCUT2D eigenvalue weighted by molar-refractivity contribution is 0.555. The molecule has 0 atom stereocenters. The van der Waals surface area contributed by atoms with E-state index in [-0.39, 0.29) is 5.82 Å².